The van der Waals surface area contributed by atoms with E-state index in [9.17, 15) is 14.4 Å². The van der Waals surface area contributed by atoms with Crippen LogP contribution in [0.4, 0.5) is 0 Å². The predicted octanol–water partition coefficient (Wildman–Crippen LogP) is 2.01. The number of nitrogens with one attached hydrogen (secondary N) is 1. The van der Waals surface area contributed by atoms with Crippen molar-refractivity contribution < 1.29 is 23.5 Å². The number of esters is 1. The van der Waals surface area contributed by atoms with Crippen LogP contribution in [0.3, 0.4) is 0 Å². The van der Waals surface area contributed by atoms with Crippen molar-refractivity contribution in [3.63, 3.8) is 0 Å². The Balaban J connectivity index is 1.85. The summed E-state index contributed by atoms with van der Waals surface area (Å²) in [6, 6.07) is 3.16. The molecule has 7 nitrogen and oxygen atoms in total. The molecule has 0 aliphatic carbocycles. The number of rotatable bonds is 8. The molecule has 25 heavy (non-hydrogen) atoms. The summed E-state index contributed by atoms with van der Waals surface area (Å²) in [7, 11) is 1.30. The highest BCUT2D eigenvalue weighted by atomic mass is 32.2. The molecule has 0 radical (unpaired) electrons. The quantitative estimate of drug-likeness (QED) is 0.558. The molecule has 1 saturated heterocycles. The number of amides is 2. The van der Waals surface area contributed by atoms with E-state index in [1.54, 1.807) is 11.8 Å². The lowest BCUT2D eigenvalue weighted by molar-refractivity contribution is -0.145. The van der Waals surface area contributed by atoms with Crippen LogP contribution in [0.5, 0.6) is 0 Å². The van der Waals surface area contributed by atoms with Gasteiger partial charge in [0.2, 0.25) is 11.8 Å². The maximum absolute atomic E-state index is 12.1. The molecule has 2 rings (SSSR count). The Bertz CT molecular complexity index is 630. The topological polar surface area (TPSA) is 88.8 Å². The SMILES string of the molecule is COC(=O)C(CCCCN1C(=O)CSC1c1ccc(C)o1)NC(C)=O. The number of nitrogens with zero attached hydrogens (tertiary/aromatic N) is 1. The normalized spacial score (nSPS) is 18.3. The van der Waals surface area contributed by atoms with Crippen LogP contribution in [0.1, 0.15) is 43.1 Å². The molecule has 1 aliphatic rings. The third kappa shape index (κ3) is 5.26. The van der Waals surface area contributed by atoms with Gasteiger partial charge < -0.3 is 19.4 Å². The van der Waals surface area contributed by atoms with E-state index in [0.29, 0.717) is 25.1 Å². The number of carbonyl (C=O) groups is 3. The molecule has 2 unspecified atom stereocenters. The third-order valence-corrected chi connectivity index (χ3v) is 5.19. The molecule has 1 aliphatic heterocycles. The molecule has 8 heteroatoms. The molecule has 1 aromatic heterocycles. The fourth-order valence-corrected chi connectivity index (χ4v) is 3.95. The van der Waals surface area contributed by atoms with E-state index >= 15 is 0 Å². The Labute approximate surface area is 151 Å². The molecule has 2 amide bonds. The number of hydrogen-bond donors (Lipinski definition) is 1. The van der Waals surface area contributed by atoms with E-state index in [4.69, 9.17) is 9.15 Å². The Kier molecular flexibility index (Phi) is 6.92. The minimum Gasteiger partial charge on any atom is -0.467 e. The number of carbonyl (C=O) groups excluding carboxylic acids is 3. The van der Waals surface area contributed by atoms with Gasteiger partial charge in [-0.25, -0.2) is 4.79 Å². The van der Waals surface area contributed by atoms with Crippen molar-refractivity contribution in [2.45, 2.75) is 44.5 Å². The molecule has 0 spiro atoms. The minimum absolute atomic E-state index is 0.0899. The van der Waals surface area contributed by atoms with E-state index in [1.807, 2.05) is 24.0 Å². The van der Waals surface area contributed by atoms with Gasteiger partial charge in [-0.1, -0.05) is 0 Å². The first-order chi connectivity index (χ1) is 11.9. The standard InChI is InChI=1S/C17H24N2O5S/c1-11-7-8-14(24-11)16-19(15(21)10-25-16)9-5-4-6-13(17(22)23-3)18-12(2)20/h7-8,13,16H,4-6,9-10H2,1-3H3,(H,18,20). The van der Waals surface area contributed by atoms with Crippen molar-refractivity contribution in [1.29, 1.82) is 0 Å². The smallest absolute Gasteiger partial charge is 0.328 e. The lowest BCUT2D eigenvalue weighted by atomic mass is 10.1. The second-order valence-corrected chi connectivity index (χ2v) is 7.04. The zero-order valence-corrected chi connectivity index (χ0v) is 15.6. The summed E-state index contributed by atoms with van der Waals surface area (Å²) in [5.74, 6) is 1.43. The zero-order chi connectivity index (χ0) is 18.4. The number of hydrogen-bond acceptors (Lipinski definition) is 6. The molecule has 1 fully saturated rings. The van der Waals surface area contributed by atoms with Crippen molar-refractivity contribution >= 4 is 29.5 Å². The van der Waals surface area contributed by atoms with Crippen molar-refractivity contribution in [2.75, 3.05) is 19.4 Å². The summed E-state index contributed by atoms with van der Waals surface area (Å²) in [6.45, 7) is 3.83. The highest BCUT2D eigenvalue weighted by Gasteiger charge is 2.34. The Morgan fingerprint density at radius 1 is 1.44 bits per heavy atom. The lowest BCUT2D eigenvalue weighted by Gasteiger charge is -2.22. The average molecular weight is 368 g/mol. The molecule has 1 N–H and O–H groups in total. The van der Waals surface area contributed by atoms with Crippen LogP contribution in [0.25, 0.3) is 0 Å². The van der Waals surface area contributed by atoms with Crippen LogP contribution < -0.4 is 5.32 Å². The van der Waals surface area contributed by atoms with Gasteiger partial charge in [0, 0.05) is 13.5 Å². The van der Waals surface area contributed by atoms with Crippen LogP contribution >= 0.6 is 11.8 Å². The Morgan fingerprint density at radius 3 is 2.80 bits per heavy atom. The van der Waals surface area contributed by atoms with Gasteiger partial charge in [0.15, 0.2) is 0 Å². The number of unbranched alkanes of at least 4 members (excludes halogenated alkanes) is 1. The molecule has 2 heterocycles. The molecule has 0 bridgehead atoms. The molecule has 1 aromatic rings. The van der Waals surface area contributed by atoms with Gasteiger partial charge in [0.05, 0.1) is 12.9 Å². The zero-order valence-electron chi connectivity index (χ0n) is 14.7. The van der Waals surface area contributed by atoms with E-state index < -0.39 is 12.0 Å². The number of furan rings is 1. The maximum atomic E-state index is 12.1. The molecule has 0 aromatic carbocycles. The minimum atomic E-state index is -0.644. The van der Waals surface area contributed by atoms with Crippen LogP contribution in [-0.4, -0.2) is 48.1 Å². The predicted molar refractivity (Wildman–Crippen MR) is 93.8 cm³/mol. The first kappa shape index (κ1) is 19.4. The molecule has 0 saturated carbocycles. The van der Waals surface area contributed by atoms with Crippen molar-refractivity contribution in [3.05, 3.63) is 23.7 Å². The first-order valence-electron chi connectivity index (χ1n) is 8.24. The highest BCUT2D eigenvalue weighted by molar-refractivity contribution is 8.00. The van der Waals surface area contributed by atoms with E-state index in [0.717, 1.165) is 17.9 Å². The Hall–Kier alpha value is -1.96. The number of ether oxygens (including phenoxy) is 1. The molecule has 2 atom stereocenters. The van der Waals surface area contributed by atoms with Crippen LogP contribution in [0.2, 0.25) is 0 Å². The van der Waals surface area contributed by atoms with Crippen molar-refractivity contribution in [2.24, 2.45) is 0 Å². The van der Waals surface area contributed by atoms with Gasteiger partial charge in [-0.15, -0.1) is 11.8 Å². The molecular weight excluding hydrogens is 344 g/mol. The monoisotopic (exact) mass is 368 g/mol. The largest absolute Gasteiger partial charge is 0.467 e. The summed E-state index contributed by atoms with van der Waals surface area (Å²) in [4.78, 5) is 36.8. The van der Waals surface area contributed by atoms with Crippen LogP contribution in [0, 0.1) is 6.92 Å². The molecular formula is C17H24N2O5S. The summed E-state index contributed by atoms with van der Waals surface area (Å²) >= 11 is 1.56. The van der Waals surface area contributed by atoms with Gasteiger partial charge in [0.1, 0.15) is 22.9 Å². The Morgan fingerprint density at radius 2 is 2.20 bits per heavy atom. The second-order valence-electron chi connectivity index (χ2n) is 5.97. The summed E-state index contributed by atoms with van der Waals surface area (Å²) in [5.41, 5.74) is 0. The van der Waals surface area contributed by atoms with Crippen LogP contribution in [0.15, 0.2) is 16.5 Å². The fraction of sp³-hybridized carbons (Fsp3) is 0.588. The van der Waals surface area contributed by atoms with E-state index in [2.05, 4.69) is 5.32 Å². The van der Waals surface area contributed by atoms with Gasteiger partial charge in [0.25, 0.3) is 0 Å². The number of aryl methyl sites for hydroxylation is 1. The van der Waals surface area contributed by atoms with Crippen LogP contribution in [-0.2, 0) is 19.1 Å². The summed E-state index contributed by atoms with van der Waals surface area (Å²) < 4.78 is 10.4. The van der Waals surface area contributed by atoms with Gasteiger partial charge in [-0.05, 0) is 38.3 Å². The third-order valence-electron chi connectivity index (χ3n) is 3.98. The van der Waals surface area contributed by atoms with Crippen molar-refractivity contribution in [3.8, 4) is 0 Å². The summed E-state index contributed by atoms with van der Waals surface area (Å²) in [6.07, 6.45) is 1.90. The summed E-state index contributed by atoms with van der Waals surface area (Å²) in [5, 5.41) is 2.50. The molecule has 138 valence electrons. The highest BCUT2D eigenvalue weighted by Crippen LogP contribution is 2.39. The average Bonchev–Trinajstić information content (AvgIpc) is 3.15. The van der Waals surface area contributed by atoms with Gasteiger partial charge in [-0.3, -0.25) is 9.59 Å². The second kappa shape index (κ2) is 8.94. The van der Waals surface area contributed by atoms with E-state index in [-0.39, 0.29) is 17.2 Å². The number of methoxy groups -OCH3 is 1. The fourth-order valence-electron chi connectivity index (χ4n) is 2.78. The van der Waals surface area contributed by atoms with Crippen molar-refractivity contribution in [1.82, 2.24) is 10.2 Å². The van der Waals surface area contributed by atoms with Gasteiger partial charge >= 0.3 is 5.97 Å². The van der Waals surface area contributed by atoms with E-state index in [1.165, 1.54) is 14.0 Å². The maximum Gasteiger partial charge on any atom is 0.328 e. The van der Waals surface area contributed by atoms with Gasteiger partial charge in [-0.2, -0.15) is 0 Å². The lowest BCUT2D eigenvalue weighted by Crippen LogP contribution is -2.40. The number of thioether (sulfide) groups is 1. The first-order valence-corrected chi connectivity index (χ1v) is 9.29.